The molecule has 4 amide bonds. The Morgan fingerprint density at radius 3 is 2.14 bits per heavy atom. The minimum absolute atomic E-state index is 0.105. The molecule has 5 aromatic rings. The van der Waals surface area contributed by atoms with Crippen LogP contribution in [0.1, 0.15) is 35.4 Å². The van der Waals surface area contributed by atoms with Gasteiger partial charge in [0.25, 0.3) is 11.8 Å². The van der Waals surface area contributed by atoms with Crippen LogP contribution in [0, 0.1) is 30.6 Å². The lowest BCUT2D eigenvalue weighted by atomic mass is 9.49. The lowest BCUT2D eigenvalue weighted by molar-refractivity contribution is -0.138. The molecule has 1 saturated carbocycles. The molecule has 0 bridgehead atoms. The average Bonchev–Trinajstić information content (AvgIpc) is 3.63. The summed E-state index contributed by atoms with van der Waals surface area (Å²) < 4.78 is 5.52. The Morgan fingerprint density at radius 1 is 0.719 bits per heavy atom. The van der Waals surface area contributed by atoms with Gasteiger partial charge >= 0.3 is 0 Å². The van der Waals surface area contributed by atoms with Crippen molar-refractivity contribution in [3.63, 3.8) is 0 Å². The highest BCUT2D eigenvalue weighted by Gasteiger charge is 2.70. The lowest BCUT2D eigenvalue weighted by Crippen LogP contribution is -2.53. The number of nitrogens with zero attached hydrogens (tertiary/aromatic N) is 3. The summed E-state index contributed by atoms with van der Waals surface area (Å²) in [6, 6.07) is 35.7. The van der Waals surface area contributed by atoms with E-state index in [0.29, 0.717) is 42.0 Å². The Labute approximate surface area is 330 Å². The molecule has 3 saturated heterocycles. The van der Waals surface area contributed by atoms with E-state index in [4.69, 9.17) is 4.74 Å². The van der Waals surface area contributed by atoms with Crippen molar-refractivity contribution in [2.24, 2.45) is 23.7 Å². The third-order valence-electron chi connectivity index (χ3n) is 13.1. The summed E-state index contributed by atoms with van der Waals surface area (Å²) in [5.74, 6) is -4.63. The molecule has 10 heteroatoms. The number of hydrazine groups is 1. The number of aromatic hydroxyl groups is 1. The molecule has 3 aliphatic heterocycles. The van der Waals surface area contributed by atoms with E-state index in [1.807, 2.05) is 116 Å². The summed E-state index contributed by atoms with van der Waals surface area (Å²) in [5, 5.41) is 13.6. The monoisotopic (exact) mass is 758 g/mol. The minimum atomic E-state index is -1.41. The molecule has 0 spiro atoms. The maximum atomic E-state index is 15.6. The third kappa shape index (κ3) is 5.26. The number of rotatable bonds is 6. The largest absolute Gasteiger partial charge is 0.507 e. The Kier molecular flexibility index (Phi) is 8.30. The molecule has 2 N–H and O–H groups in total. The number of anilines is 3. The van der Waals surface area contributed by atoms with Crippen LogP contribution in [0.15, 0.2) is 127 Å². The molecule has 10 rings (SSSR count). The van der Waals surface area contributed by atoms with Crippen molar-refractivity contribution in [3.05, 3.63) is 144 Å². The number of hydrogen-bond donors (Lipinski definition) is 2. The average molecular weight is 759 g/mol. The molecule has 6 atom stereocenters. The van der Waals surface area contributed by atoms with Crippen molar-refractivity contribution in [2.75, 3.05) is 41.5 Å². The fourth-order valence-electron chi connectivity index (χ4n) is 10.5. The molecule has 0 unspecified atom stereocenters. The predicted molar refractivity (Wildman–Crippen MR) is 216 cm³/mol. The van der Waals surface area contributed by atoms with Crippen molar-refractivity contribution in [2.45, 2.75) is 31.1 Å². The first kappa shape index (κ1) is 35.2. The highest BCUT2D eigenvalue weighted by atomic mass is 16.5. The molecular weight excluding hydrogens is 717 g/mol. The number of hydrogen-bond acceptors (Lipinski definition) is 8. The number of allylic oxidation sites excluding steroid dienone is 2. The maximum Gasteiger partial charge on any atom is 0.260 e. The topological polar surface area (TPSA) is 119 Å². The fourth-order valence-corrected chi connectivity index (χ4v) is 10.5. The van der Waals surface area contributed by atoms with E-state index in [2.05, 4.69) is 16.4 Å². The van der Waals surface area contributed by atoms with E-state index in [1.54, 1.807) is 6.07 Å². The molecule has 2 aliphatic carbocycles. The molecule has 286 valence electrons. The van der Waals surface area contributed by atoms with Crippen LogP contribution >= 0.6 is 0 Å². The van der Waals surface area contributed by atoms with Crippen LogP contribution in [0.2, 0.25) is 0 Å². The number of phenols is 1. The predicted octanol–water partition coefficient (Wildman–Crippen LogP) is 6.88. The maximum absolute atomic E-state index is 15.6. The zero-order valence-electron chi connectivity index (χ0n) is 31.5. The van der Waals surface area contributed by atoms with Gasteiger partial charge in [0.2, 0.25) is 11.8 Å². The van der Waals surface area contributed by atoms with Crippen molar-refractivity contribution in [1.29, 1.82) is 0 Å². The van der Waals surface area contributed by atoms with Gasteiger partial charge in [-0.05, 0) is 84.7 Å². The zero-order chi connectivity index (χ0) is 39.0. The molecular formula is C47H42N4O6. The molecule has 5 aliphatic rings. The van der Waals surface area contributed by atoms with Gasteiger partial charge in [-0.15, -0.1) is 0 Å². The van der Waals surface area contributed by atoms with Gasteiger partial charge < -0.3 is 14.7 Å². The number of carbonyl (C=O) groups is 4. The summed E-state index contributed by atoms with van der Waals surface area (Å²) in [4.78, 5) is 63.4. The van der Waals surface area contributed by atoms with E-state index in [-0.39, 0.29) is 35.8 Å². The second kappa shape index (κ2) is 13.4. The summed E-state index contributed by atoms with van der Waals surface area (Å²) >= 11 is 0. The lowest BCUT2D eigenvalue weighted by Gasteiger charge is -2.51. The SMILES string of the molecule is Cc1ccc(NN2C(=O)[C@@H]3C[C@@H]4C(=CC[C@@H]5C(=O)N(c6ccc(N7CCOCC7)cc6)C(=O)[C@@H]54)[C@H](c4ccc(O)c5ccccc45)[C@]3(c3ccccc3)C2=O)cc1. The number of aryl methyl sites for hydroxylation is 1. The van der Waals surface area contributed by atoms with Crippen molar-refractivity contribution < 1.29 is 29.0 Å². The first-order chi connectivity index (χ1) is 27.8. The first-order valence-corrected chi connectivity index (χ1v) is 19.8. The van der Waals surface area contributed by atoms with Crippen LogP contribution in [-0.2, 0) is 29.3 Å². The van der Waals surface area contributed by atoms with Crippen molar-refractivity contribution in [3.8, 4) is 5.75 Å². The van der Waals surface area contributed by atoms with E-state index in [1.165, 1.54) is 9.91 Å². The van der Waals surface area contributed by atoms with Gasteiger partial charge in [-0.3, -0.25) is 29.5 Å². The van der Waals surface area contributed by atoms with Gasteiger partial charge in [-0.1, -0.05) is 90.0 Å². The number of nitrogens with one attached hydrogen (secondary N) is 1. The zero-order valence-corrected chi connectivity index (χ0v) is 31.5. The number of amides is 4. The molecule has 4 fully saturated rings. The number of benzene rings is 5. The molecule has 57 heavy (non-hydrogen) atoms. The number of carbonyl (C=O) groups excluding carboxylic acids is 4. The van der Waals surface area contributed by atoms with Crippen LogP contribution in [0.4, 0.5) is 17.1 Å². The van der Waals surface area contributed by atoms with Crippen molar-refractivity contribution >= 4 is 51.5 Å². The van der Waals surface area contributed by atoms with Gasteiger partial charge in [0.15, 0.2) is 0 Å². The van der Waals surface area contributed by atoms with Crippen LogP contribution in [0.3, 0.4) is 0 Å². The molecule has 0 aromatic heterocycles. The first-order valence-electron chi connectivity index (χ1n) is 19.8. The van der Waals surface area contributed by atoms with Gasteiger partial charge in [0.1, 0.15) is 5.75 Å². The van der Waals surface area contributed by atoms with Crippen LogP contribution in [0.25, 0.3) is 10.8 Å². The molecule has 0 radical (unpaired) electrons. The van der Waals surface area contributed by atoms with Gasteiger partial charge in [-0.25, -0.2) is 0 Å². The van der Waals surface area contributed by atoms with E-state index < -0.39 is 35.0 Å². The minimum Gasteiger partial charge on any atom is -0.507 e. The number of phenolic OH excluding ortho intramolecular Hbond substituents is 1. The number of fused-ring (bicyclic) bond motifs is 5. The molecule has 10 nitrogen and oxygen atoms in total. The summed E-state index contributed by atoms with van der Waals surface area (Å²) in [7, 11) is 0. The number of imide groups is 2. The van der Waals surface area contributed by atoms with Gasteiger partial charge in [0.05, 0.1) is 47.8 Å². The highest BCUT2D eigenvalue weighted by Crippen LogP contribution is 2.65. The molecule has 5 aromatic carbocycles. The fraction of sp³-hybridized carbons (Fsp3) is 0.277. The van der Waals surface area contributed by atoms with Crippen molar-refractivity contribution in [1.82, 2.24) is 5.01 Å². The Balaban J connectivity index is 1.12. The van der Waals surface area contributed by atoms with Gasteiger partial charge in [-0.2, -0.15) is 5.01 Å². The standard InChI is InChI=1S/C47H42N4O6/c1-28-11-13-30(14-12-28)48-51-44(54)39-27-38-36(19-20-37-41(38)45(55)50(43(37)53)32-17-15-31(16-18-32)49-23-25-57-26-24-49)42(47(39,46(51)56)29-7-3-2-4-8-29)35-21-22-40(52)34-10-6-5-9-33(34)35/h2-19,21-22,37-39,41-42,48,52H,20,23-27H2,1H3/t37-,38+,39-,41-,42-,47+/m0/s1. The van der Waals surface area contributed by atoms with Crippen LogP contribution in [-0.4, -0.2) is 60.0 Å². The van der Waals surface area contributed by atoms with Crippen LogP contribution < -0.4 is 15.2 Å². The van der Waals surface area contributed by atoms with E-state index in [9.17, 15) is 14.7 Å². The summed E-state index contributed by atoms with van der Waals surface area (Å²) in [6.45, 7) is 4.80. The second-order valence-corrected chi connectivity index (χ2v) is 15.9. The highest BCUT2D eigenvalue weighted by molar-refractivity contribution is 6.22. The normalized spacial score (nSPS) is 27.0. The van der Waals surface area contributed by atoms with Crippen LogP contribution in [0.5, 0.6) is 5.75 Å². The smallest absolute Gasteiger partial charge is 0.260 e. The number of ether oxygens (including phenoxy) is 1. The Bertz CT molecular complexity index is 2480. The Hall–Kier alpha value is -6.26. The van der Waals surface area contributed by atoms with Gasteiger partial charge in [0, 0.05) is 30.1 Å². The summed E-state index contributed by atoms with van der Waals surface area (Å²) in [5.41, 5.74) is 7.26. The number of morpholine rings is 1. The quantitative estimate of drug-likeness (QED) is 0.142. The third-order valence-corrected chi connectivity index (χ3v) is 13.1. The van der Waals surface area contributed by atoms with E-state index in [0.717, 1.165) is 40.9 Å². The van der Waals surface area contributed by atoms with E-state index >= 15 is 9.59 Å². The second-order valence-electron chi connectivity index (χ2n) is 15.9. The molecule has 3 heterocycles. The summed E-state index contributed by atoms with van der Waals surface area (Å²) in [6.07, 6.45) is 2.59. The Morgan fingerprint density at radius 2 is 1.40 bits per heavy atom.